The summed E-state index contributed by atoms with van der Waals surface area (Å²) in [5.74, 6) is 0.486. The first-order valence-corrected chi connectivity index (χ1v) is 7.89. The number of carbonyl (C=O) groups excluding carboxylic acids is 2. The van der Waals surface area contributed by atoms with E-state index in [1.54, 1.807) is 0 Å². The number of carbonyl (C=O) groups is 2. The highest BCUT2D eigenvalue weighted by molar-refractivity contribution is 8.04. The third kappa shape index (κ3) is 2.66. The normalized spacial score (nSPS) is 15.4. The van der Waals surface area contributed by atoms with Crippen LogP contribution in [0.5, 0.6) is 0 Å². The molecule has 0 atom stereocenters. The molecule has 2 rings (SSSR count). The number of hydrogen-bond donors (Lipinski definition) is 0. The van der Waals surface area contributed by atoms with Crippen LogP contribution in [-0.4, -0.2) is 29.0 Å². The van der Waals surface area contributed by atoms with Crippen molar-refractivity contribution in [3.05, 3.63) is 40.3 Å². The first kappa shape index (κ1) is 14.9. The number of amides is 2. The van der Waals surface area contributed by atoms with E-state index in [0.717, 1.165) is 23.3 Å². The third-order valence-corrected chi connectivity index (χ3v) is 4.16. The minimum atomic E-state index is -0.156. The molecule has 0 bridgehead atoms. The quantitative estimate of drug-likeness (QED) is 0.781. The second-order valence-corrected chi connectivity index (χ2v) is 6.04. The molecule has 0 saturated carbocycles. The van der Waals surface area contributed by atoms with Gasteiger partial charge in [0.2, 0.25) is 0 Å². The van der Waals surface area contributed by atoms with Crippen LogP contribution < -0.4 is 0 Å². The highest BCUT2D eigenvalue weighted by atomic mass is 32.2. The summed E-state index contributed by atoms with van der Waals surface area (Å²) in [7, 11) is 0. The van der Waals surface area contributed by atoms with Crippen molar-refractivity contribution in [3.63, 3.8) is 0 Å². The minimum Gasteiger partial charge on any atom is -0.274 e. The maximum absolute atomic E-state index is 12.5. The largest absolute Gasteiger partial charge is 0.274 e. The molecule has 0 radical (unpaired) electrons. The van der Waals surface area contributed by atoms with Crippen LogP contribution >= 0.6 is 11.8 Å². The van der Waals surface area contributed by atoms with E-state index in [9.17, 15) is 9.59 Å². The van der Waals surface area contributed by atoms with Crippen molar-refractivity contribution in [2.24, 2.45) is 0 Å². The highest BCUT2D eigenvalue weighted by Gasteiger charge is 2.38. The van der Waals surface area contributed by atoms with Gasteiger partial charge in [-0.15, -0.1) is 11.8 Å². The van der Waals surface area contributed by atoms with Gasteiger partial charge in [-0.25, -0.2) is 0 Å². The summed E-state index contributed by atoms with van der Waals surface area (Å²) in [6, 6.07) is 7.77. The maximum atomic E-state index is 12.5. The predicted octanol–water partition coefficient (Wildman–Crippen LogP) is 3.24. The number of aryl methyl sites for hydroxylation is 1. The van der Waals surface area contributed by atoms with Crippen molar-refractivity contribution in [1.82, 2.24) is 4.90 Å². The first-order chi connectivity index (χ1) is 9.60. The second kappa shape index (κ2) is 6.27. The van der Waals surface area contributed by atoms with E-state index < -0.39 is 0 Å². The molecule has 0 aromatic heterocycles. The Bertz CT molecular complexity index is 560. The Morgan fingerprint density at radius 2 is 1.70 bits per heavy atom. The van der Waals surface area contributed by atoms with Crippen LogP contribution in [0.15, 0.2) is 29.2 Å². The minimum absolute atomic E-state index is 0.140. The standard InChI is InChI=1S/C16H19NO2S/c1-4-10-17-15(18)13(14(16(17)19)20-5-2)12-8-6-11(3)7-9-12/h6-9H,4-5,10H2,1-3H3. The molecule has 0 unspecified atom stereocenters. The molecule has 1 aromatic rings. The summed E-state index contributed by atoms with van der Waals surface area (Å²) in [6.45, 7) is 6.45. The molecule has 0 spiro atoms. The summed E-state index contributed by atoms with van der Waals surface area (Å²) < 4.78 is 0. The van der Waals surface area contributed by atoms with Crippen molar-refractivity contribution in [2.75, 3.05) is 12.3 Å². The van der Waals surface area contributed by atoms with Gasteiger partial charge in [0, 0.05) is 6.54 Å². The smallest absolute Gasteiger partial charge is 0.267 e. The van der Waals surface area contributed by atoms with Gasteiger partial charge in [0.05, 0.1) is 10.5 Å². The zero-order chi connectivity index (χ0) is 14.7. The molecule has 0 N–H and O–H groups in total. The van der Waals surface area contributed by atoms with Gasteiger partial charge in [-0.2, -0.15) is 0 Å². The molecule has 1 aliphatic rings. The third-order valence-electron chi connectivity index (χ3n) is 3.20. The van der Waals surface area contributed by atoms with E-state index in [0.29, 0.717) is 17.0 Å². The molecule has 0 fully saturated rings. The molecule has 1 aromatic carbocycles. The molecule has 0 aliphatic carbocycles. The van der Waals surface area contributed by atoms with Crippen LogP contribution in [0.1, 0.15) is 31.4 Å². The number of hydrogen-bond acceptors (Lipinski definition) is 3. The van der Waals surface area contributed by atoms with E-state index in [4.69, 9.17) is 0 Å². The SMILES string of the molecule is CCCN1C(=O)C(SCC)=C(c2ccc(C)cc2)C1=O. The number of benzene rings is 1. The van der Waals surface area contributed by atoms with Gasteiger partial charge in [0.25, 0.3) is 11.8 Å². The average molecular weight is 289 g/mol. The van der Waals surface area contributed by atoms with Gasteiger partial charge in [0.15, 0.2) is 0 Å². The van der Waals surface area contributed by atoms with Gasteiger partial charge in [-0.1, -0.05) is 43.7 Å². The zero-order valence-electron chi connectivity index (χ0n) is 12.1. The van der Waals surface area contributed by atoms with Gasteiger partial charge in [-0.3, -0.25) is 14.5 Å². The fourth-order valence-electron chi connectivity index (χ4n) is 2.23. The second-order valence-electron chi connectivity index (χ2n) is 4.77. The van der Waals surface area contributed by atoms with Crippen molar-refractivity contribution in [1.29, 1.82) is 0 Å². The molecule has 0 saturated heterocycles. The van der Waals surface area contributed by atoms with Crippen LogP contribution in [-0.2, 0) is 9.59 Å². The summed E-state index contributed by atoms with van der Waals surface area (Å²) in [5.41, 5.74) is 2.54. The molecular formula is C16H19NO2S. The number of rotatable bonds is 5. The van der Waals surface area contributed by atoms with Crippen molar-refractivity contribution >= 4 is 29.1 Å². The summed E-state index contributed by atoms with van der Waals surface area (Å²) >= 11 is 1.46. The van der Waals surface area contributed by atoms with Gasteiger partial charge in [-0.05, 0) is 24.7 Å². The van der Waals surface area contributed by atoms with Crippen molar-refractivity contribution in [3.8, 4) is 0 Å². The lowest BCUT2D eigenvalue weighted by Crippen LogP contribution is -2.32. The van der Waals surface area contributed by atoms with Crippen LogP contribution in [0.3, 0.4) is 0 Å². The molecule has 2 amide bonds. The van der Waals surface area contributed by atoms with E-state index in [1.807, 2.05) is 45.0 Å². The Morgan fingerprint density at radius 1 is 1.05 bits per heavy atom. The van der Waals surface area contributed by atoms with Gasteiger partial charge < -0.3 is 0 Å². The summed E-state index contributed by atoms with van der Waals surface area (Å²) in [5, 5.41) is 0. The predicted molar refractivity (Wildman–Crippen MR) is 83.2 cm³/mol. The van der Waals surface area contributed by atoms with E-state index >= 15 is 0 Å². The number of imide groups is 1. The molecule has 106 valence electrons. The Morgan fingerprint density at radius 3 is 2.25 bits per heavy atom. The van der Waals surface area contributed by atoms with Crippen molar-refractivity contribution in [2.45, 2.75) is 27.2 Å². The van der Waals surface area contributed by atoms with Gasteiger partial charge in [0.1, 0.15) is 0 Å². The Labute approximate surface area is 124 Å². The molecule has 20 heavy (non-hydrogen) atoms. The lowest BCUT2D eigenvalue weighted by atomic mass is 10.0. The van der Waals surface area contributed by atoms with Crippen LogP contribution in [0, 0.1) is 6.92 Å². The molecule has 3 nitrogen and oxygen atoms in total. The highest BCUT2D eigenvalue weighted by Crippen LogP contribution is 2.35. The summed E-state index contributed by atoms with van der Waals surface area (Å²) in [4.78, 5) is 26.8. The van der Waals surface area contributed by atoms with Crippen molar-refractivity contribution < 1.29 is 9.59 Å². The lowest BCUT2D eigenvalue weighted by Gasteiger charge is -2.13. The Hall–Kier alpha value is -1.55. The summed E-state index contributed by atoms with van der Waals surface area (Å²) in [6.07, 6.45) is 0.780. The van der Waals surface area contributed by atoms with E-state index in [-0.39, 0.29) is 11.8 Å². The van der Waals surface area contributed by atoms with Crippen LogP contribution in [0.2, 0.25) is 0 Å². The Balaban J connectivity index is 2.46. The molecule has 1 aliphatic heterocycles. The average Bonchev–Trinajstić information content (AvgIpc) is 2.66. The molecule has 1 heterocycles. The van der Waals surface area contributed by atoms with Gasteiger partial charge >= 0.3 is 0 Å². The lowest BCUT2D eigenvalue weighted by molar-refractivity contribution is -0.136. The molecule has 4 heteroatoms. The Kier molecular flexibility index (Phi) is 4.65. The van der Waals surface area contributed by atoms with Crippen LogP contribution in [0.4, 0.5) is 0 Å². The zero-order valence-corrected chi connectivity index (χ0v) is 12.9. The first-order valence-electron chi connectivity index (χ1n) is 6.90. The van der Waals surface area contributed by atoms with E-state index in [2.05, 4.69) is 0 Å². The number of nitrogens with zero attached hydrogens (tertiary/aromatic N) is 1. The maximum Gasteiger partial charge on any atom is 0.267 e. The fourth-order valence-corrected chi connectivity index (χ4v) is 3.11. The fraction of sp³-hybridized carbons (Fsp3) is 0.375. The molecular weight excluding hydrogens is 270 g/mol. The van der Waals surface area contributed by atoms with E-state index in [1.165, 1.54) is 16.7 Å². The topological polar surface area (TPSA) is 37.4 Å². The van der Waals surface area contributed by atoms with Crippen LogP contribution in [0.25, 0.3) is 5.57 Å². The monoisotopic (exact) mass is 289 g/mol. The number of thioether (sulfide) groups is 1.